The molecule has 2 aromatic carbocycles. The molecule has 0 radical (unpaired) electrons. The van der Waals surface area contributed by atoms with Crippen LogP contribution < -0.4 is 4.48 Å². The molecule has 0 bridgehead atoms. The summed E-state index contributed by atoms with van der Waals surface area (Å²) < 4.78 is 0.486. The molecular formula is C27H33ClN3O2+. The number of rotatable bonds is 4. The number of hydrogen-bond donors (Lipinski definition) is 0. The topological polar surface area (TPSA) is 40.6 Å². The van der Waals surface area contributed by atoms with Gasteiger partial charge in [-0.3, -0.25) is 14.1 Å². The number of quaternary nitrogens is 1. The number of carbonyl (C=O) groups is 2. The van der Waals surface area contributed by atoms with Gasteiger partial charge in [0.25, 0.3) is 5.91 Å². The average molecular weight is 467 g/mol. The number of hydrogen-bond acceptors (Lipinski definition) is 2. The van der Waals surface area contributed by atoms with Gasteiger partial charge >= 0.3 is 0 Å². The summed E-state index contributed by atoms with van der Waals surface area (Å²) in [6.07, 6.45) is 2.16. The number of fused-ring (bicyclic) bond motifs is 1. The Kier molecular flexibility index (Phi) is 5.50. The highest BCUT2D eigenvalue weighted by atomic mass is 35.5. The molecule has 4 rings (SSSR count). The highest BCUT2D eigenvalue weighted by Crippen LogP contribution is 2.48. The van der Waals surface area contributed by atoms with Gasteiger partial charge in [0.05, 0.1) is 31.7 Å². The zero-order valence-electron chi connectivity index (χ0n) is 20.4. The smallest absolute Gasteiger partial charge is 0.254 e. The van der Waals surface area contributed by atoms with Crippen molar-refractivity contribution in [1.82, 2.24) is 14.3 Å². The van der Waals surface area contributed by atoms with E-state index in [1.807, 2.05) is 37.1 Å². The van der Waals surface area contributed by atoms with Crippen LogP contribution in [0.1, 0.15) is 47.3 Å². The number of likely N-dealkylation sites (N-methyl/N-ethyl adjacent to an activating group) is 1. The number of likely N-dealkylation sites (tertiary alicyclic amines) is 1. The van der Waals surface area contributed by atoms with E-state index in [4.69, 9.17) is 11.6 Å². The van der Waals surface area contributed by atoms with Crippen molar-refractivity contribution in [3.8, 4) is 0 Å². The number of halogens is 1. The van der Waals surface area contributed by atoms with Crippen molar-refractivity contribution in [3.63, 3.8) is 0 Å². The van der Waals surface area contributed by atoms with Crippen LogP contribution in [0, 0.1) is 6.92 Å². The third-order valence-corrected chi connectivity index (χ3v) is 8.66. The fraction of sp³-hybridized carbons (Fsp3) is 0.407. The van der Waals surface area contributed by atoms with Crippen molar-refractivity contribution >= 4 is 29.1 Å². The first-order valence-electron chi connectivity index (χ1n) is 11.3. The molecule has 0 aromatic heterocycles. The van der Waals surface area contributed by atoms with Crippen molar-refractivity contribution in [2.45, 2.75) is 38.3 Å². The third-order valence-electron chi connectivity index (χ3n) is 8.25. The molecule has 2 aromatic rings. The van der Waals surface area contributed by atoms with Crippen LogP contribution in [0.4, 0.5) is 5.69 Å². The Hall–Kier alpha value is -2.63. The minimum absolute atomic E-state index is 0.0414. The van der Waals surface area contributed by atoms with E-state index in [2.05, 4.69) is 52.7 Å². The third kappa shape index (κ3) is 3.24. The summed E-state index contributed by atoms with van der Waals surface area (Å²) >= 11 is 6.57. The second-order valence-electron chi connectivity index (χ2n) is 10.3. The fourth-order valence-corrected chi connectivity index (χ4v) is 5.83. The van der Waals surface area contributed by atoms with E-state index in [-0.39, 0.29) is 17.4 Å². The van der Waals surface area contributed by atoms with E-state index in [1.165, 1.54) is 6.08 Å². The maximum Gasteiger partial charge on any atom is 0.254 e. The fourth-order valence-electron chi connectivity index (χ4n) is 5.65. The van der Waals surface area contributed by atoms with Crippen LogP contribution in [0.25, 0.3) is 0 Å². The number of benzene rings is 2. The van der Waals surface area contributed by atoms with Crippen LogP contribution in [-0.2, 0) is 15.9 Å². The van der Waals surface area contributed by atoms with Gasteiger partial charge in [-0.2, -0.15) is 0 Å². The van der Waals surface area contributed by atoms with Gasteiger partial charge in [0.2, 0.25) is 5.91 Å². The molecule has 2 aliphatic heterocycles. The molecule has 2 heterocycles. The minimum atomic E-state index is -0.426. The number of amides is 2. The molecule has 0 N–H and O–H groups in total. The molecule has 174 valence electrons. The lowest BCUT2D eigenvalue weighted by Gasteiger charge is -2.47. The second-order valence-corrected chi connectivity index (χ2v) is 10.7. The summed E-state index contributed by atoms with van der Waals surface area (Å²) in [5, 5.41) is 0.716. The van der Waals surface area contributed by atoms with Crippen molar-refractivity contribution < 1.29 is 9.59 Å². The molecule has 0 spiro atoms. The van der Waals surface area contributed by atoms with Gasteiger partial charge in [-0.15, -0.1) is 0 Å². The van der Waals surface area contributed by atoms with Crippen LogP contribution in [0.5, 0.6) is 0 Å². The van der Waals surface area contributed by atoms with E-state index in [1.54, 1.807) is 4.90 Å². The van der Waals surface area contributed by atoms with Crippen LogP contribution in [0.15, 0.2) is 49.1 Å². The summed E-state index contributed by atoms with van der Waals surface area (Å²) in [4.78, 5) is 29.3. The molecule has 1 unspecified atom stereocenters. The Morgan fingerprint density at radius 2 is 1.88 bits per heavy atom. The lowest BCUT2D eigenvalue weighted by Crippen LogP contribution is -2.60. The van der Waals surface area contributed by atoms with Gasteiger partial charge in [0, 0.05) is 36.7 Å². The van der Waals surface area contributed by atoms with E-state index in [9.17, 15) is 9.59 Å². The lowest BCUT2D eigenvalue weighted by atomic mass is 9.81. The molecule has 33 heavy (non-hydrogen) atoms. The molecule has 1 atom stereocenters. The summed E-state index contributed by atoms with van der Waals surface area (Å²) in [6.45, 7) is 11.1. The Morgan fingerprint density at radius 3 is 2.55 bits per heavy atom. The molecule has 0 saturated carbocycles. The molecule has 1 fully saturated rings. The molecule has 1 saturated heterocycles. The molecule has 2 amide bonds. The van der Waals surface area contributed by atoms with E-state index in [0.717, 1.165) is 34.4 Å². The highest BCUT2D eigenvalue weighted by molar-refractivity contribution is 6.31. The van der Waals surface area contributed by atoms with Crippen LogP contribution in [0.2, 0.25) is 5.02 Å². The maximum absolute atomic E-state index is 13.1. The Labute approximate surface area is 201 Å². The number of nitrogens with zero attached hydrogens (tertiary/aromatic N) is 3. The number of carbonyl (C=O) groups excluding carboxylic acids is 2. The SMILES string of the molecule is C=CC(=O)N1CCC(c2cccc(Cl)c2C)([N+](C)(C)c2ccc3c(c2)C(=O)N(C)C3(C)C)C1. The van der Waals surface area contributed by atoms with Gasteiger partial charge in [-0.1, -0.05) is 30.3 Å². The largest absolute Gasteiger partial charge is 0.332 e. The average Bonchev–Trinajstić information content (AvgIpc) is 3.31. The predicted octanol–water partition coefficient (Wildman–Crippen LogP) is 4.85. The maximum atomic E-state index is 13.1. The molecule has 2 aliphatic rings. The molecule has 6 heteroatoms. The Morgan fingerprint density at radius 1 is 1.18 bits per heavy atom. The van der Waals surface area contributed by atoms with E-state index < -0.39 is 5.54 Å². The zero-order valence-corrected chi connectivity index (χ0v) is 21.2. The minimum Gasteiger partial charge on any atom is -0.332 e. The van der Waals surface area contributed by atoms with Gasteiger partial charge in [-0.25, -0.2) is 0 Å². The molecule has 5 nitrogen and oxygen atoms in total. The molecule has 0 aliphatic carbocycles. The van der Waals surface area contributed by atoms with E-state index >= 15 is 0 Å². The first-order valence-corrected chi connectivity index (χ1v) is 11.7. The summed E-state index contributed by atoms with van der Waals surface area (Å²) in [5.74, 6) is -0.0243. The van der Waals surface area contributed by atoms with Gasteiger partial charge in [0.15, 0.2) is 0 Å². The standard InChI is InChI=1S/C27H33ClN3O2/c1-8-24(32)30-15-14-27(17-30,21-10-9-11-23(28)18(21)2)31(6,7)19-12-13-22-20(16-19)25(33)29(5)26(22,3)4/h8-13,16H,1,14-15,17H2,2-7H3/q+1. The van der Waals surface area contributed by atoms with Gasteiger partial charge in [0.1, 0.15) is 11.2 Å². The monoisotopic (exact) mass is 466 g/mol. The quantitative estimate of drug-likeness (QED) is 0.477. The predicted molar refractivity (Wildman–Crippen MR) is 134 cm³/mol. The van der Waals surface area contributed by atoms with Crippen molar-refractivity contribution in [2.75, 3.05) is 34.2 Å². The van der Waals surface area contributed by atoms with Gasteiger partial charge < -0.3 is 9.80 Å². The normalized spacial score (nSPS) is 22.0. The van der Waals surface area contributed by atoms with Crippen LogP contribution in [0.3, 0.4) is 0 Å². The van der Waals surface area contributed by atoms with Crippen LogP contribution in [-0.4, -0.2) is 55.8 Å². The highest BCUT2D eigenvalue weighted by Gasteiger charge is 2.55. The first-order chi connectivity index (χ1) is 15.4. The summed E-state index contributed by atoms with van der Waals surface area (Å²) in [6, 6.07) is 12.3. The summed E-state index contributed by atoms with van der Waals surface area (Å²) in [7, 11) is 6.19. The van der Waals surface area contributed by atoms with Crippen molar-refractivity contribution in [3.05, 3.63) is 76.3 Å². The summed E-state index contributed by atoms with van der Waals surface area (Å²) in [5.41, 5.74) is 4.21. The van der Waals surface area contributed by atoms with E-state index in [0.29, 0.717) is 22.6 Å². The second kappa shape index (κ2) is 7.71. The Bertz CT molecular complexity index is 1170. The first kappa shape index (κ1) is 23.5. The zero-order chi connectivity index (χ0) is 24.3. The Balaban J connectivity index is 1.90. The van der Waals surface area contributed by atoms with Crippen LogP contribution >= 0.6 is 11.6 Å². The van der Waals surface area contributed by atoms with Crippen molar-refractivity contribution in [2.24, 2.45) is 0 Å². The van der Waals surface area contributed by atoms with Crippen molar-refractivity contribution in [1.29, 1.82) is 0 Å². The van der Waals surface area contributed by atoms with Gasteiger partial charge in [-0.05, 0) is 56.2 Å². The molecular weight excluding hydrogens is 434 g/mol. The lowest BCUT2D eigenvalue weighted by molar-refractivity contribution is -0.125.